The van der Waals surface area contributed by atoms with E-state index in [1.54, 1.807) is 22.5 Å². The van der Waals surface area contributed by atoms with Gasteiger partial charge in [-0.3, -0.25) is 4.90 Å². The fourth-order valence-corrected chi connectivity index (χ4v) is 5.16. The van der Waals surface area contributed by atoms with Crippen LogP contribution in [0, 0.1) is 0 Å². The Morgan fingerprint density at radius 1 is 1.24 bits per heavy atom. The second-order valence-electron chi connectivity index (χ2n) is 5.98. The Morgan fingerprint density at radius 3 is 2.76 bits per heavy atom. The number of nitrogens with zero attached hydrogens (tertiary/aromatic N) is 2. The molecule has 1 aromatic carbocycles. The van der Waals surface area contributed by atoms with Crippen LogP contribution in [0.25, 0.3) is 0 Å². The van der Waals surface area contributed by atoms with Crippen LogP contribution in [0.5, 0.6) is 0 Å². The number of hydrogen-bond donors (Lipinski definition) is 0. The normalized spacial score (nSPS) is 27.7. The third-order valence-corrected chi connectivity index (χ3v) is 6.97. The van der Waals surface area contributed by atoms with Crippen molar-refractivity contribution < 1.29 is 8.42 Å². The number of halogens is 1. The zero-order chi connectivity index (χ0) is 15.0. The van der Waals surface area contributed by atoms with Crippen LogP contribution in [-0.4, -0.2) is 49.8 Å². The molecule has 2 fully saturated rings. The summed E-state index contributed by atoms with van der Waals surface area (Å²) in [5.41, 5.74) is 0.839. The largest absolute Gasteiger partial charge is 0.299 e. The highest BCUT2D eigenvalue weighted by Gasteiger charge is 2.38. The van der Waals surface area contributed by atoms with Crippen LogP contribution in [0.4, 0.5) is 0 Å². The first kappa shape index (κ1) is 15.3. The Kier molecular flexibility index (Phi) is 4.28. The van der Waals surface area contributed by atoms with Crippen molar-refractivity contribution in [1.82, 2.24) is 9.21 Å². The van der Waals surface area contributed by atoms with E-state index in [1.807, 2.05) is 6.07 Å². The van der Waals surface area contributed by atoms with Crippen LogP contribution in [0.15, 0.2) is 29.2 Å². The molecule has 2 unspecified atom stereocenters. The second-order valence-corrected chi connectivity index (χ2v) is 8.19. The number of hydrogen-bond acceptors (Lipinski definition) is 3. The van der Waals surface area contributed by atoms with E-state index in [4.69, 9.17) is 11.6 Å². The first-order chi connectivity index (χ1) is 10.0. The van der Waals surface area contributed by atoms with Gasteiger partial charge in [-0.25, -0.2) is 8.42 Å². The van der Waals surface area contributed by atoms with Gasteiger partial charge in [-0.2, -0.15) is 4.31 Å². The van der Waals surface area contributed by atoms with Crippen molar-refractivity contribution in [1.29, 1.82) is 0 Å². The van der Waals surface area contributed by atoms with Crippen LogP contribution in [0.3, 0.4) is 0 Å². The summed E-state index contributed by atoms with van der Waals surface area (Å²) in [6.07, 6.45) is 3.20. The predicted molar refractivity (Wildman–Crippen MR) is 83.9 cm³/mol. The van der Waals surface area contributed by atoms with Crippen LogP contribution in [0.1, 0.15) is 24.8 Å². The Hall–Kier alpha value is -0.620. The standard InChI is InChI=1S/C15H21ClN2O2S/c1-17-13-5-6-14(17)11-18(8-7-13)21(19,20)15-4-2-3-12(9-15)10-16/h2-4,9,13-14H,5-8,10-11H2,1H3. The van der Waals surface area contributed by atoms with Crippen molar-refractivity contribution >= 4 is 21.6 Å². The molecule has 2 heterocycles. The molecular formula is C15H21ClN2O2S. The maximum atomic E-state index is 12.9. The molecule has 2 aliphatic rings. The molecule has 21 heavy (non-hydrogen) atoms. The number of likely N-dealkylation sites (N-methyl/N-ethyl adjacent to an activating group) is 1. The zero-order valence-electron chi connectivity index (χ0n) is 12.2. The van der Waals surface area contributed by atoms with Gasteiger partial charge in [0.2, 0.25) is 10.0 Å². The SMILES string of the molecule is CN1C2CCC1CN(S(=O)(=O)c1cccc(CCl)c1)CC2. The number of sulfonamides is 1. The third kappa shape index (κ3) is 2.84. The number of rotatable bonds is 3. The summed E-state index contributed by atoms with van der Waals surface area (Å²) in [5, 5.41) is 0. The van der Waals surface area contributed by atoms with E-state index < -0.39 is 10.0 Å². The lowest BCUT2D eigenvalue weighted by atomic mass is 10.1. The maximum Gasteiger partial charge on any atom is 0.243 e. The van der Waals surface area contributed by atoms with E-state index in [2.05, 4.69) is 11.9 Å². The van der Waals surface area contributed by atoms with Gasteiger partial charge in [0.1, 0.15) is 0 Å². The smallest absolute Gasteiger partial charge is 0.243 e. The lowest BCUT2D eigenvalue weighted by Gasteiger charge is -2.25. The van der Waals surface area contributed by atoms with Crippen molar-refractivity contribution in [2.24, 2.45) is 0 Å². The summed E-state index contributed by atoms with van der Waals surface area (Å²) in [7, 11) is -1.30. The average molecular weight is 329 g/mol. The lowest BCUT2D eigenvalue weighted by molar-refractivity contribution is 0.246. The molecule has 116 valence electrons. The number of benzene rings is 1. The summed E-state index contributed by atoms with van der Waals surface area (Å²) in [6.45, 7) is 1.21. The number of fused-ring (bicyclic) bond motifs is 2. The van der Waals surface area contributed by atoms with Gasteiger partial charge in [0, 0.05) is 31.1 Å². The maximum absolute atomic E-state index is 12.9. The minimum Gasteiger partial charge on any atom is -0.299 e. The number of alkyl halides is 1. The fourth-order valence-electron chi connectivity index (χ4n) is 3.43. The fraction of sp³-hybridized carbons (Fsp3) is 0.600. The summed E-state index contributed by atoms with van der Waals surface area (Å²) < 4.78 is 27.4. The highest BCUT2D eigenvalue weighted by molar-refractivity contribution is 7.89. The molecule has 2 bridgehead atoms. The van der Waals surface area contributed by atoms with E-state index in [9.17, 15) is 8.42 Å². The molecule has 0 aromatic heterocycles. The molecule has 0 aliphatic carbocycles. The van der Waals surface area contributed by atoms with Crippen molar-refractivity contribution in [2.45, 2.75) is 42.1 Å². The zero-order valence-corrected chi connectivity index (χ0v) is 13.8. The third-order valence-electron chi connectivity index (χ3n) is 4.80. The van der Waals surface area contributed by atoms with Crippen LogP contribution < -0.4 is 0 Å². The van der Waals surface area contributed by atoms with Gasteiger partial charge >= 0.3 is 0 Å². The quantitative estimate of drug-likeness (QED) is 0.799. The summed E-state index contributed by atoms with van der Waals surface area (Å²) in [5.74, 6) is 0.330. The molecule has 2 saturated heterocycles. The molecule has 4 nitrogen and oxygen atoms in total. The molecule has 0 radical (unpaired) electrons. The van der Waals surface area contributed by atoms with Crippen molar-refractivity contribution in [3.8, 4) is 0 Å². The van der Waals surface area contributed by atoms with Crippen LogP contribution in [0.2, 0.25) is 0 Å². The molecule has 1 aromatic rings. The molecule has 0 N–H and O–H groups in total. The van der Waals surface area contributed by atoms with Gasteiger partial charge in [-0.05, 0) is 44.0 Å². The first-order valence-corrected chi connectivity index (χ1v) is 9.37. The van der Waals surface area contributed by atoms with E-state index in [-0.39, 0.29) is 0 Å². The summed E-state index contributed by atoms with van der Waals surface area (Å²) in [6, 6.07) is 7.85. The molecule has 6 heteroatoms. The van der Waals surface area contributed by atoms with Gasteiger partial charge in [0.05, 0.1) is 4.90 Å². The topological polar surface area (TPSA) is 40.6 Å². The van der Waals surface area contributed by atoms with Crippen molar-refractivity contribution in [3.63, 3.8) is 0 Å². The minimum absolute atomic E-state index is 0.330. The average Bonchev–Trinajstić information content (AvgIpc) is 2.71. The molecule has 0 amide bonds. The lowest BCUT2D eigenvalue weighted by Crippen LogP contribution is -2.39. The van der Waals surface area contributed by atoms with E-state index >= 15 is 0 Å². The Bertz CT molecular complexity index is 620. The monoisotopic (exact) mass is 328 g/mol. The summed E-state index contributed by atoms with van der Waals surface area (Å²) in [4.78, 5) is 2.71. The molecular weight excluding hydrogens is 308 g/mol. The van der Waals surface area contributed by atoms with E-state index in [1.165, 1.54) is 6.42 Å². The van der Waals surface area contributed by atoms with E-state index in [0.717, 1.165) is 18.4 Å². The molecule has 2 aliphatic heterocycles. The molecule has 0 spiro atoms. The highest BCUT2D eigenvalue weighted by Crippen LogP contribution is 2.31. The predicted octanol–water partition coefficient (Wildman–Crippen LogP) is 2.28. The Balaban J connectivity index is 1.87. The molecule has 2 atom stereocenters. The van der Waals surface area contributed by atoms with Crippen LogP contribution >= 0.6 is 11.6 Å². The molecule has 3 rings (SSSR count). The highest BCUT2D eigenvalue weighted by atomic mass is 35.5. The van der Waals surface area contributed by atoms with Gasteiger partial charge in [0.15, 0.2) is 0 Å². The first-order valence-electron chi connectivity index (χ1n) is 7.39. The minimum atomic E-state index is -3.42. The van der Waals surface area contributed by atoms with Gasteiger partial charge in [-0.15, -0.1) is 11.6 Å². The van der Waals surface area contributed by atoms with Crippen molar-refractivity contribution in [3.05, 3.63) is 29.8 Å². The second kappa shape index (κ2) is 5.88. The van der Waals surface area contributed by atoms with Gasteiger partial charge in [0.25, 0.3) is 0 Å². The van der Waals surface area contributed by atoms with E-state index in [0.29, 0.717) is 35.9 Å². The summed E-state index contributed by atoms with van der Waals surface area (Å²) >= 11 is 5.82. The van der Waals surface area contributed by atoms with Gasteiger partial charge < -0.3 is 0 Å². The Labute approximate surface area is 131 Å². The molecule has 0 saturated carbocycles. The van der Waals surface area contributed by atoms with Crippen LogP contribution in [-0.2, 0) is 15.9 Å². The Morgan fingerprint density at radius 2 is 2.00 bits per heavy atom. The van der Waals surface area contributed by atoms with Crippen molar-refractivity contribution in [2.75, 3.05) is 20.1 Å². The van der Waals surface area contributed by atoms with Gasteiger partial charge in [-0.1, -0.05) is 12.1 Å².